The number of amides is 1. The van der Waals surface area contributed by atoms with Gasteiger partial charge in [0.15, 0.2) is 0 Å². The summed E-state index contributed by atoms with van der Waals surface area (Å²) in [6.07, 6.45) is 0.582. The molecule has 1 amide bonds. The topological polar surface area (TPSA) is 66.4 Å². The number of benzene rings is 1. The highest BCUT2D eigenvalue weighted by Crippen LogP contribution is 2.15. The molecule has 0 aliphatic rings. The summed E-state index contributed by atoms with van der Waals surface area (Å²) in [5.74, 6) is -6.02. The van der Waals surface area contributed by atoms with E-state index >= 15 is 0 Å². The van der Waals surface area contributed by atoms with Gasteiger partial charge in [0.1, 0.15) is 23.0 Å². The lowest BCUT2D eigenvalue weighted by Gasteiger charge is -2.16. The summed E-state index contributed by atoms with van der Waals surface area (Å²) in [4.78, 5) is 22.4. The van der Waals surface area contributed by atoms with Crippen molar-refractivity contribution in [2.75, 3.05) is 0 Å². The van der Waals surface area contributed by atoms with E-state index in [0.29, 0.717) is 25.0 Å². The van der Waals surface area contributed by atoms with Gasteiger partial charge in [-0.15, -0.1) is 0 Å². The van der Waals surface area contributed by atoms with Crippen LogP contribution >= 0.6 is 0 Å². The van der Waals surface area contributed by atoms with Gasteiger partial charge < -0.3 is 10.4 Å². The third-order valence-electron chi connectivity index (χ3n) is 2.63. The van der Waals surface area contributed by atoms with Crippen molar-refractivity contribution >= 4 is 11.9 Å². The fourth-order valence-electron chi connectivity index (χ4n) is 1.80. The summed E-state index contributed by atoms with van der Waals surface area (Å²) in [6, 6.07) is 0.0439. The molecule has 0 aromatic heterocycles. The van der Waals surface area contributed by atoms with Crippen LogP contribution in [-0.4, -0.2) is 23.0 Å². The molecule has 0 fully saturated rings. The van der Waals surface area contributed by atoms with E-state index in [-0.39, 0.29) is 6.42 Å². The van der Waals surface area contributed by atoms with E-state index in [0.717, 1.165) is 0 Å². The normalized spacial score (nSPS) is 12.0. The van der Waals surface area contributed by atoms with Crippen LogP contribution in [0.2, 0.25) is 0 Å². The summed E-state index contributed by atoms with van der Waals surface area (Å²) in [6.45, 7) is 1.78. The number of hydrogen-bond donors (Lipinski definition) is 2. The number of carbonyl (C=O) groups excluding carboxylic acids is 1. The molecule has 1 rings (SSSR count). The van der Waals surface area contributed by atoms with Gasteiger partial charge >= 0.3 is 5.97 Å². The number of carboxylic acids is 1. The lowest BCUT2D eigenvalue weighted by Crippen LogP contribution is -2.37. The van der Waals surface area contributed by atoms with Gasteiger partial charge in [0, 0.05) is 18.2 Å². The summed E-state index contributed by atoms with van der Waals surface area (Å²) in [5.41, 5.74) is -0.919. The first-order valence-corrected chi connectivity index (χ1v) is 6.02. The summed E-state index contributed by atoms with van der Waals surface area (Å²) < 4.78 is 39.5. The zero-order valence-corrected chi connectivity index (χ0v) is 10.8. The van der Waals surface area contributed by atoms with Crippen molar-refractivity contribution in [1.82, 2.24) is 5.32 Å². The third kappa shape index (κ3) is 4.25. The number of hydrogen-bond acceptors (Lipinski definition) is 2. The van der Waals surface area contributed by atoms with Crippen LogP contribution in [0.25, 0.3) is 0 Å². The number of carbonyl (C=O) groups is 2. The van der Waals surface area contributed by atoms with Crippen LogP contribution in [0.15, 0.2) is 12.1 Å². The number of nitrogens with one attached hydrogen (secondary N) is 1. The molecule has 1 atom stereocenters. The average Bonchev–Trinajstić information content (AvgIpc) is 2.26. The lowest BCUT2D eigenvalue weighted by molar-refractivity contribution is -0.137. The molecule has 0 spiro atoms. The summed E-state index contributed by atoms with van der Waals surface area (Å²) >= 11 is 0. The fraction of sp³-hybridized carbons (Fsp3) is 0.385. The Labute approximate surface area is 113 Å². The first-order valence-electron chi connectivity index (χ1n) is 6.02. The van der Waals surface area contributed by atoms with Crippen LogP contribution in [0.4, 0.5) is 13.2 Å². The van der Waals surface area contributed by atoms with Gasteiger partial charge in [-0.05, 0) is 6.42 Å². The first kappa shape index (κ1) is 16.0. The Balaban J connectivity index is 2.91. The zero-order chi connectivity index (χ0) is 15.3. The van der Waals surface area contributed by atoms with Crippen molar-refractivity contribution in [2.45, 2.75) is 32.2 Å². The second-order valence-electron chi connectivity index (χ2n) is 4.30. The predicted octanol–water partition coefficient (Wildman–Crippen LogP) is 2.48. The van der Waals surface area contributed by atoms with Crippen LogP contribution in [0.3, 0.4) is 0 Å². The molecular weight excluding hydrogens is 275 g/mol. The maximum absolute atomic E-state index is 13.4. The van der Waals surface area contributed by atoms with Crippen LogP contribution < -0.4 is 5.32 Å². The van der Waals surface area contributed by atoms with E-state index < -0.39 is 40.9 Å². The molecule has 0 bridgehead atoms. The Bertz CT molecular complexity index is 497. The monoisotopic (exact) mass is 289 g/mol. The fourth-order valence-corrected chi connectivity index (χ4v) is 1.80. The van der Waals surface area contributed by atoms with E-state index in [1.165, 1.54) is 0 Å². The Hall–Kier alpha value is -2.05. The van der Waals surface area contributed by atoms with E-state index in [1.54, 1.807) is 6.92 Å². The molecule has 0 heterocycles. The number of aliphatic carboxylic acids is 1. The highest BCUT2D eigenvalue weighted by Gasteiger charge is 2.22. The van der Waals surface area contributed by atoms with Gasteiger partial charge in [-0.3, -0.25) is 9.59 Å². The SMILES string of the molecule is CCCC(CC(=O)O)NC(=O)c1c(F)cc(F)cc1F. The van der Waals surface area contributed by atoms with Gasteiger partial charge in [0.05, 0.1) is 6.42 Å². The minimum Gasteiger partial charge on any atom is -0.481 e. The third-order valence-corrected chi connectivity index (χ3v) is 2.63. The standard InChI is InChI=1S/C13H14F3NO3/c1-2-3-8(6-11(18)19)17-13(20)12-9(15)4-7(14)5-10(12)16/h4-5,8H,2-3,6H2,1H3,(H,17,20)(H,18,19). The number of rotatable bonds is 6. The van der Waals surface area contributed by atoms with Crippen molar-refractivity contribution < 1.29 is 27.9 Å². The minimum absolute atomic E-state index is 0.350. The van der Waals surface area contributed by atoms with Crippen molar-refractivity contribution in [3.63, 3.8) is 0 Å². The number of carboxylic acid groups (broad SMARTS) is 1. The van der Waals surface area contributed by atoms with Gasteiger partial charge in [-0.2, -0.15) is 0 Å². The molecule has 0 aliphatic heterocycles. The van der Waals surface area contributed by atoms with E-state index in [4.69, 9.17) is 5.11 Å². The molecule has 0 aliphatic carbocycles. The van der Waals surface area contributed by atoms with Crippen molar-refractivity contribution in [3.8, 4) is 0 Å². The van der Waals surface area contributed by atoms with Crippen LogP contribution in [0.5, 0.6) is 0 Å². The van der Waals surface area contributed by atoms with Crippen molar-refractivity contribution in [2.24, 2.45) is 0 Å². The number of halogens is 3. The average molecular weight is 289 g/mol. The largest absolute Gasteiger partial charge is 0.481 e. The Kier molecular flexibility index (Phi) is 5.54. The maximum Gasteiger partial charge on any atom is 0.305 e. The molecule has 1 aromatic rings. The summed E-state index contributed by atoms with van der Waals surface area (Å²) in [5, 5.41) is 10.9. The van der Waals surface area contributed by atoms with Crippen molar-refractivity contribution in [3.05, 3.63) is 35.1 Å². The Morgan fingerprint density at radius 2 is 1.80 bits per heavy atom. The van der Waals surface area contributed by atoms with Crippen LogP contribution in [0, 0.1) is 17.5 Å². The lowest BCUT2D eigenvalue weighted by atomic mass is 10.1. The van der Waals surface area contributed by atoms with Gasteiger partial charge in [-0.1, -0.05) is 13.3 Å². The van der Waals surface area contributed by atoms with E-state index in [9.17, 15) is 22.8 Å². The molecule has 0 radical (unpaired) electrons. The molecule has 0 saturated carbocycles. The molecule has 1 unspecified atom stereocenters. The molecule has 1 aromatic carbocycles. The molecule has 110 valence electrons. The van der Waals surface area contributed by atoms with Gasteiger partial charge in [-0.25, -0.2) is 13.2 Å². The predicted molar refractivity (Wildman–Crippen MR) is 64.7 cm³/mol. The van der Waals surface area contributed by atoms with Gasteiger partial charge in [0.2, 0.25) is 0 Å². The Morgan fingerprint density at radius 1 is 1.25 bits per heavy atom. The molecule has 20 heavy (non-hydrogen) atoms. The first-order chi connectivity index (χ1) is 9.35. The van der Waals surface area contributed by atoms with Gasteiger partial charge in [0.25, 0.3) is 5.91 Å². The molecular formula is C13H14F3NO3. The van der Waals surface area contributed by atoms with E-state index in [1.807, 2.05) is 0 Å². The molecule has 0 saturated heterocycles. The highest BCUT2D eigenvalue weighted by atomic mass is 19.1. The van der Waals surface area contributed by atoms with Crippen molar-refractivity contribution in [1.29, 1.82) is 0 Å². The Morgan fingerprint density at radius 3 is 2.25 bits per heavy atom. The van der Waals surface area contributed by atoms with Crippen LogP contribution in [0.1, 0.15) is 36.5 Å². The zero-order valence-electron chi connectivity index (χ0n) is 10.8. The summed E-state index contributed by atoms with van der Waals surface area (Å²) in [7, 11) is 0. The smallest absolute Gasteiger partial charge is 0.305 e. The highest BCUT2D eigenvalue weighted by molar-refractivity contribution is 5.95. The molecule has 4 nitrogen and oxygen atoms in total. The second kappa shape index (κ2) is 6.93. The maximum atomic E-state index is 13.4. The quantitative estimate of drug-likeness (QED) is 0.845. The minimum atomic E-state index is -1.33. The van der Waals surface area contributed by atoms with Crippen LogP contribution in [-0.2, 0) is 4.79 Å². The van der Waals surface area contributed by atoms with E-state index in [2.05, 4.69) is 5.32 Å². The second-order valence-corrected chi connectivity index (χ2v) is 4.30. The molecule has 2 N–H and O–H groups in total. The molecule has 7 heteroatoms.